The maximum absolute atomic E-state index is 11.3. The molecule has 0 saturated carbocycles. The topological polar surface area (TPSA) is 66.8 Å². The molecule has 0 spiro atoms. The number of benzene rings is 2. The van der Waals surface area contributed by atoms with E-state index in [9.17, 15) is 15.0 Å². The second-order valence-electron chi connectivity index (χ2n) is 4.77. The summed E-state index contributed by atoms with van der Waals surface area (Å²) in [5, 5.41) is 22.0. The van der Waals surface area contributed by atoms with E-state index < -0.39 is 18.2 Å². The molecule has 1 aromatic heterocycles. The summed E-state index contributed by atoms with van der Waals surface area (Å²) in [5.41, 5.74) is 0.490. The molecule has 0 radical (unpaired) electrons. The summed E-state index contributed by atoms with van der Waals surface area (Å²) < 4.78 is 6.71. The number of ether oxygens (including phenoxy) is 1. The van der Waals surface area contributed by atoms with Crippen LogP contribution in [0.25, 0.3) is 20.2 Å². The van der Waals surface area contributed by atoms with E-state index in [0.717, 1.165) is 20.2 Å². The zero-order chi connectivity index (χ0) is 15.0. The average molecular weight is 302 g/mol. The zero-order valence-electron chi connectivity index (χ0n) is 11.3. The Bertz CT molecular complexity index is 808. The van der Waals surface area contributed by atoms with Gasteiger partial charge in [0.25, 0.3) is 0 Å². The number of carbonyl (C=O) groups is 1. The van der Waals surface area contributed by atoms with Crippen LogP contribution in [0.4, 0.5) is 0 Å². The SMILES string of the molecule is COC(=O)C(O)C(O)c1ccc2sc3ccccc3c2c1. The minimum atomic E-state index is -1.59. The Morgan fingerprint density at radius 3 is 2.57 bits per heavy atom. The Kier molecular flexibility index (Phi) is 3.63. The third-order valence-corrected chi connectivity index (χ3v) is 4.64. The summed E-state index contributed by atoms with van der Waals surface area (Å²) in [6.07, 6.45) is -2.89. The molecule has 0 saturated heterocycles. The third kappa shape index (κ3) is 2.40. The van der Waals surface area contributed by atoms with Crippen molar-refractivity contribution in [2.24, 2.45) is 0 Å². The molecule has 0 aliphatic carbocycles. The lowest BCUT2D eigenvalue weighted by Gasteiger charge is -2.16. The van der Waals surface area contributed by atoms with Gasteiger partial charge in [0.2, 0.25) is 0 Å². The number of rotatable bonds is 3. The van der Waals surface area contributed by atoms with E-state index in [-0.39, 0.29) is 0 Å². The Morgan fingerprint density at radius 1 is 1.10 bits per heavy atom. The first kappa shape index (κ1) is 14.0. The number of esters is 1. The molecule has 0 aliphatic heterocycles. The van der Waals surface area contributed by atoms with Gasteiger partial charge >= 0.3 is 5.97 Å². The summed E-state index contributed by atoms with van der Waals surface area (Å²) in [7, 11) is 1.17. The zero-order valence-corrected chi connectivity index (χ0v) is 12.1. The number of aliphatic hydroxyl groups is 2. The van der Waals surface area contributed by atoms with Crippen molar-refractivity contribution in [1.82, 2.24) is 0 Å². The fourth-order valence-electron chi connectivity index (χ4n) is 2.36. The molecule has 0 amide bonds. The number of methoxy groups -OCH3 is 1. The predicted octanol–water partition coefficient (Wildman–Crippen LogP) is 2.62. The highest BCUT2D eigenvalue weighted by Crippen LogP contribution is 2.35. The molecule has 2 N–H and O–H groups in total. The summed E-state index contributed by atoms with van der Waals surface area (Å²) in [5.74, 6) is -0.849. The molecule has 2 unspecified atom stereocenters. The minimum Gasteiger partial charge on any atom is -0.467 e. The van der Waals surface area contributed by atoms with Gasteiger partial charge in [-0.1, -0.05) is 24.3 Å². The van der Waals surface area contributed by atoms with Crippen molar-refractivity contribution in [1.29, 1.82) is 0 Å². The first-order valence-electron chi connectivity index (χ1n) is 6.47. The number of hydrogen-bond donors (Lipinski definition) is 2. The number of hydrogen-bond acceptors (Lipinski definition) is 5. The van der Waals surface area contributed by atoms with Crippen molar-refractivity contribution < 1.29 is 19.7 Å². The van der Waals surface area contributed by atoms with E-state index >= 15 is 0 Å². The van der Waals surface area contributed by atoms with Crippen LogP contribution in [0, 0.1) is 0 Å². The molecule has 3 aromatic rings. The highest BCUT2D eigenvalue weighted by molar-refractivity contribution is 7.25. The fourth-order valence-corrected chi connectivity index (χ4v) is 3.45. The van der Waals surface area contributed by atoms with Gasteiger partial charge in [0.1, 0.15) is 6.10 Å². The maximum atomic E-state index is 11.3. The standard InChI is InChI=1S/C16H14O4S/c1-20-16(19)15(18)14(17)9-6-7-13-11(8-9)10-4-2-3-5-12(10)21-13/h2-8,14-15,17-18H,1H3. The summed E-state index contributed by atoms with van der Waals surface area (Å²) in [6.45, 7) is 0. The lowest BCUT2D eigenvalue weighted by Crippen LogP contribution is -2.28. The van der Waals surface area contributed by atoms with Gasteiger partial charge in [0.15, 0.2) is 6.10 Å². The highest BCUT2D eigenvalue weighted by atomic mass is 32.1. The molecule has 2 aromatic carbocycles. The molecule has 21 heavy (non-hydrogen) atoms. The van der Waals surface area contributed by atoms with Crippen LogP contribution < -0.4 is 0 Å². The van der Waals surface area contributed by atoms with Crippen molar-refractivity contribution in [3.63, 3.8) is 0 Å². The normalized spacial score (nSPS) is 14.2. The summed E-state index contributed by atoms with van der Waals surface area (Å²) >= 11 is 1.67. The van der Waals surface area contributed by atoms with Crippen LogP contribution in [0.2, 0.25) is 0 Å². The predicted molar refractivity (Wildman–Crippen MR) is 82.3 cm³/mol. The van der Waals surface area contributed by atoms with Gasteiger partial charge in [-0.05, 0) is 23.8 Å². The molecule has 0 bridgehead atoms. The molecule has 0 fully saturated rings. The Hall–Kier alpha value is -1.95. The van der Waals surface area contributed by atoms with Crippen LogP contribution in [0.1, 0.15) is 11.7 Å². The molecule has 0 aliphatic rings. The maximum Gasteiger partial charge on any atom is 0.337 e. The van der Waals surface area contributed by atoms with Gasteiger partial charge in [0.05, 0.1) is 7.11 Å². The number of aliphatic hydroxyl groups excluding tert-OH is 2. The van der Waals surface area contributed by atoms with Crippen LogP contribution in [0.15, 0.2) is 42.5 Å². The van der Waals surface area contributed by atoms with Crippen LogP contribution in [0.5, 0.6) is 0 Å². The molecule has 1 heterocycles. The van der Waals surface area contributed by atoms with Gasteiger partial charge < -0.3 is 14.9 Å². The van der Waals surface area contributed by atoms with Crippen molar-refractivity contribution in [3.05, 3.63) is 48.0 Å². The van der Waals surface area contributed by atoms with Gasteiger partial charge in [-0.15, -0.1) is 11.3 Å². The van der Waals surface area contributed by atoms with Crippen LogP contribution in [0.3, 0.4) is 0 Å². The largest absolute Gasteiger partial charge is 0.467 e. The van der Waals surface area contributed by atoms with Crippen molar-refractivity contribution in [2.75, 3.05) is 7.11 Å². The van der Waals surface area contributed by atoms with Crippen LogP contribution >= 0.6 is 11.3 Å². The minimum absolute atomic E-state index is 0.490. The molecule has 5 heteroatoms. The number of fused-ring (bicyclic) bond motifs is 3. The van der Waals surface area contributed by atoms with Crippen molar-refractivity contribution >= 4 is 37.5 Å². The van der Waals surface area contributed by atoms with Gasteiger partial charge in [-0.25, -0.2) is 4.79 Å². The molecule has 4 nitrogen and oxygen atoms in total. The lowest BCUT2D eigenvalue weighted by molar-refractivity contribution is -0.156. The van der Waals surface area contributed by atoms with E-state index in [0.29, 0.717) is 5.56 Å². The second kappa shape index (κ2) is 5.44. The number of thiophene rings is 1. The lowest BCUT2D eigenvalue weighted by atomic mass is 10.0. The van der Waals surface area contributed by atoms with Crippen LogP contribution in [-0.2, 0) is 9.53 Å². The Morgan fingerprint density at radius 2 is 1.81 bits per heavy atom. The number of carbonyl (C=O) groups excluding carboxylic acids is 1. The fraction of sp³-hybridized carbons (Fsp3) is 0.188. The molecule has 2 atom stereocenters. The summed E-state index contributed by atoms with van der Waals surface area (Å²) in [4.78, 5) is 11.3. The average Bonchev–Trinajstić information content (AvgIpc) is 2.90. The summed E-state index contributed by atoms with van der Waals surface area (Å²) in [6, 6.07) is 13.4. The molecule has 108 valence electrons. The van der Waals surface area contributed by atoms with Crippen molar-refractivity contribution in [3.8, 4) is 0 Å². The first-order chi connectivity index (χ1) is 10.1. The highest BCUT2D eigenvalue weighted by Gasteiger charge is 2.26. The second-order valence-corrected chi connectivity index (χ2v) is 5.85. The van der Waals surface area contributed by atoms with Crippen LogP contribution in [-0.4, -0.2) is 29.4 Å². The molecule has 3 rings (SSSR count). The van der Waals surface area contributed by atoms with Gasteiger partial charge in [0, 0.05) is 20.2 Å². The van der Waals surface area contributed by atoms with E-state index in [1.165, 1.54) is 7.11 Å². The molecular weight excluding hydrogens is 288 g/mol. The third-order valence-electron chi connectivity index (χ3n) is 3.48. The van der Waals surface area contributed by atoms with E-state index in [2.05, 4.69) is 4.74 Å². The van der Waals surface area contributed by atoms with Crippen molar-refractivity contribution in [2.45, 2.75) is 12.2 Å². The van der Waals surface area contributed by atoms with E-state index in [1.807, 2.05) is 36.4 Å². The van der Waals surface area contributed by atoms with Gasteiger partial charge in [-0.3, -0.25) is 0 Å². The first-order valence-corrected chi connectivity index (χ1v) is 7.28. The van der Waals surface area contributed by atoms with E-state index in [4.69, 9.17) is 0 Å². The smallest absolute Gasteiger partial charge is 0.337 e. The Balaban J connectivity index is 2.08. The Labute approximate surface area is 125 Å². The monoisotopic (exact) mass is 302 g/mol. The molecular formula is C16H14O4S. The quantitative estimate of drug-likeness (QED) is 0.730. The van der Waals surface area contributed by atoms with Gasteiger partial charge in [-0.2, -0.15) is 0 Å². The van der Waals surface area contributed by atoms with E-state index in [1.54, 1.807) is 17.4 Å².